The van der Waals surface area contributed by atoms with Crippen LogP contribution in [0.3, 0.4) is 0 Å². The largest absolute Gasteiger partial charge is 0.497 e. The number of hydrogen-bond acceptors (Lipinski definition) is 3. The van der Waals surface area contributed by atoms with E-state index in [2.05, 4.69) is 17.9 Å². The fraction of sp³-hybridized carbons (Fsp3) is 0.538. The van der Waals surface area contributed by atoms with E-state index in [-0.39, 0.29) is 0 Å². The lowest BCUT2D eigenvalue weighted by molar-refractivity contribution is 0.415. The first-order valence-electron chi connectivity index (χ1n) is 5.95. The fourth-order valence-electron chi connectivity index (χ4n) is 2.04. The zero-order chi connectivity index (χ0) is 11.5. The van der Waals surface area contributed by atoms with Gasteiger partial charge in [-0.15, -0.1) is 0 Å². The smallest absolute Gasteiger partial charge is 0.122 e. The van der Waals surface area contributed by atoms with Crippen LogP contribution >= 0.6 is 0 Å². The molecule has 16 heavy (non-hydrogen) atoms. The number of nitrogens with zero attached hydrogens (tertiary/aromatic N) is 1. The first kappa shape index (κ1) is 11.1. The van der Waals surface area contributed by atoms with Gasteiger partial charge in [-0.2, -0.15) is 0 Å². The molecule has 1 aromatic carbocycles. The quantitative estimate of drug-likeness (QED) is 0.775. The van der Waals surface area contributed by atoms with Gasteiger partial charge in [0.1, 0.15) is 5.75 Å². The van der Waals surface area contributed by atoms with Crippen molar-refractivity contribution in [2.75, 3.05) is 24.3 Å². The van der Waals surface area contributed by atoms with Gasteiger partial charge in [-0.1, -0.05) is 6.92 Å². The number of nitrogens with two attached hydrogens (primary N) is 1. The number of hydrogen-bond donors (Lipinski definition) is 1. The molecular formula is C13H20N2O. The van der Waals surface area contributed by atoms with E-state index in [0.29, 0.717) is 6.04 Å². The van der Waals surface area contributed by atoms with Crippen molar-refractivity contribution < 1.29 is 4.74 Å². The van der Waals surface area contributed by atoms with Crippen LogP contribution in [-0.2, 0) is 0 Å². The molecule has 0 aromatic heterocycles. The summed E-state index contributed by atoms with van der Waals surface area (Å²) in [5, 5.41) is 0. The summed E-state index contributed by atoms with van der Waals surface area (Å²) < 4.78 is 5.26. The van der Waals surface area contributed by atoms with Crippen LogP contribution in [-0.4, -0.2) is 19.7 Å². The summed E-state index contributed by atoms with van der Waals surface area (Å²) in [4.78, 5) is 2.44. The van der Waals surface area contributed by atoms with Crippen molar-refractivity contribution in [1.29, 1.82) is 0 Å². The highest BCUT2D eigenvalue weighted by molar-refractivity contribution is 5.61. The molecule has 1 aliphatic carbocycles. The molecule has 0 atom stereocenters. The monoisotopic (exact) mass is 220 g/mol. The maximum absolute atomic E-state index is 5.88. The Morgan fingerprint density at radius 2 is 2.12 bits per heavy atom. The lowest BCUT2D eigenvalue weighted by atomic mass is 10.2. The number of rotatable bonds is 5. The first-order chi connectivity index (χ1) is 7.74. The Kier molecular flexibility index (Phi) is 3.22. The Hall–Kier alpha value is -1.38. The molecule has 1 aromatic rings. The summed E-state index contributed by atoms with van der Waals surface area (Å²) in [7, 11) is 1.68. The van der Waals surface area contributed by atoms with E-state index in [4.69, 9.17) is 10.5 Å². The van der Waals surface area contributed by atoms with Crippen LogP contribution < -0.4 is 15.4 Å². The van der Waals surface area contributed by atoms with Gasteiger partial charge in [-0.3, -0.25) is 0 Å². The number of benzene rings is 1. The molecule has 0 heterocycles. The lowest BCUT2D eigenvalue weighted by Gasteiger charge is -2.24. The summed E-state index contributed by atoms with van der Waals surface area (Å²) in [5.74, 6) is 0.844. The fourth-order valence-corrected chi connectivity index (χ4v) is 2.04. The average molecular weight is 220 g/mol. The van der Waals surface area contributed by atoms with E-state index in [1.54, 1.807) is 7.11 Å². The van der Waals surface area contributed by atoms with E-state index in [9.17, 15) is 0 Å². The SMILES string of the molecule is CCCN(c1cc(N)cc(OC)c1)C1CC1. The summed E-state index contributed by atoms with van der Waals surface area (Å²) in [5.41, 5.74) is 7.85. The van der Waals surface area contributed by atoms with Crippen LogP contribution in [0.4, 0.5) is 11.4 Å². The first-order valence-corrected chi connectivity index (χ1v) is 5.95. The summed E-state index contributed by atoms with van der Waals surface area (Å²) in [6.07, 6.45) is 3.77. The molecule has 2 N–H and O–H groups in total. The minimum absolute atomic E-state index is 0.714. The molecule has 1 fully saturated rings. The number of anilines is 2. The Balaban J connectivity index is 2.25. The zero-order valence-corrected chi connectivity index (χ0v) is 10.1. The van der Waals surface area contributed by atoms with Crippen molar-refractivity contribution in [1.82, 2.24) is 0 Å². The van der Waals surface area contributed by atoms with Gasteiger partial charge in [-0.05, 0) is 25.3 Å². The van der Waals surface area contributed by atoms with Crippen LogP contribution in [0, 0.1) is 0 Å². The minimum atomic E-state index is 0.714. The summed E-state index contributed by atoms with van der Waals surface area (Å²) >= 11 is 0. The van der Waals surface area contributed by atoms with Crippen LogP contribution in [0.2, 0.25) is 0 Å². The molecule has 0 amide bonds. The zero-order valence-electron chi connectivity index (χ0n) is 10.1. The van der Waals surface area contributed by atoms with Gasteiger partial charge >= 0.3 is 0 Å². The number of nitrogen functional groups attached to an aromatic ring is 1. The van der Waals surface area contributed by atoms with E-state index in [1.165, 1.54) is 18.5 Å². The Labute approximate surface area is 97.2 Å². The maximum Gasteiger partial charge on any atom is 0.122 e. The lowest BCUT2D eigenvalue weighted by Crippen LogP contribution is -2.26. The Morgan fingerprint density at radius 1 is 1.38 bits per heavy atom. The standard InChI is InChI=1S/C13H20N2O/c1-3-6-15(11-4-5-11)12-7-10(14)8-13(9-12)16-2/h7-9,11H,3-6,14H2,1-2H3. The van der Waals surface area contributed by atoms with Crippen molar-refractivity contribution >= 4 is 11.4 Å². The van der Waals surface area contributed by atoms with Crippen LogP contribution in [0.1, 0.15) is 26.2 Å². The topological polar surface area (TPSA) is 38.5 Å². The van der Waals surface area contributed by atoms with Crippen LogP contribution in [0.25, 0.3) is 0 Å². The molecular weight excluding hydrogens is 200 g/mol. The Morgan fingerprint density at radius 3 is 2.69 bits per heavy atom. The molecule has 1 aliphatic rings. The minimum Gasteiger partial charge on any atom is -0.497 e. The third-order valence-electron chi connectivity index (χ3n) is 2.93. The van der Waals surface area contributed by atoms with E-state index in [0.717, 1.165) is 24.4 Å². The van der Waals surface area contributed by atoms with Gasteiger partial charge in [0.15, 0.2) is 0 Å². The summed E-state index contributed by atoms with van der Waals surface area (Å²) in [6.45, 7) is 3.30. The predicted molar refractivity (Wildman–Crippen MR) is 68.1 cm³/mol. The van der Waals surface area contributed by atoms with Crippen LogP contribution in [0.15, 0.2) is 18.2 Å². The molecule has 0 radical (unpaired) electrons. The summed E-state index contributed by atoms with van der Waals surface area (Å²) in [6, 6.07) is 6.69. The van der Waals surface area contributed by atoms with Gasteiger partial charge in [0.05, 0.1) is 7.11 Å². The highest BCUT2D eigenvalue weighted by Gasteiger charge is 2.28. The average Bonchev–Trinajstić information content (AvgIpc) is 3.08. The molecule has 0 spiro atoms. The van der Waals surface area contributed by atoms with Crippen molar-refractivity contribution in [2.45, 2.75) is 32.2 Å². The van der Waals surface area contributed by atoms with Crippen molar-refractivity contribution in [3.05, 3.63) is 18.2 Å². The Bertz CT molecular complexity index is 361. The normalized spacial score (nSPS) is 14.9. The van der Waals surface area contributed by atoms with Crippen molar-refractivity contribution in [3.8, 4) is 5.75 Å². The highest BCUT2D eigenvalue weighted by atomic mass is 16.5. The maximum atomic E-state index is 5.88. The molecule has 1 saturated carbocycles. The van der Waals surface area contributed by atoms with Gasteiger partial charge in [0.2, 0.25) is 0 Å². The van der Waals surface area contributed by atoms with E-state index < -0.39 is 0 Å². The molecule has 0 unspecified atom stereocenters. The van der Waals surface area contributed by atoms with Crippen LogP contribution in [0.5, 0.6) is 5.75 Å². The van der Waals surface area contributed by atoms with Gasteiger partial charge < -0.3 is 15.4 Å². The second-order valence-electron chi connectivity index (χ2n) is 4.39. The van der Waals surface area contributed by atoms with Crippen molar-refractivity contribution in [2.24, 2.45) is 0 Å². The highest BCUT2D eigenvalue weighted by Crippen LogP contribution is 2.34. The van der Waals surface area contributed by atoms with E-state index in [1.807, 2.05) is 12.1 Å². The molecule has 3 heteroatoms. The van der Waals surface area contributed by atoms with Gasteiger partial charge in [-0.25, -0.2) is 0 Å². The second-order valence-corrected chi connectivity index (χ2v) is 4.39. The predicted octanol–water partition coefficient (Wildman–Crippen LogP) is 2.66. The second kappa shape index (κ2) is 4.64. The third-order valence-corrected chi connectivity index (χ3v) is 2.93. The van der Waals surface area contributed by atoms with E-state index >= 15 is 0 Å². The third kappa shape index (κ3) is 2.40. The molecule has 0 bridgehead atoms. The molecule has 0 aliphatic heterocycles. The van der Waals surface area contributed by atoms with Gasteiger partial charge in [0.25, 0.3) is 0 Å². The van der Waals surface area contributed by atoms with Gasteiger partial charge in [0, 0.05) is 36.1 Å². The molecule has 3 nitrogen and oxygen atoms in total. The number of methoxy groups -OCH3 is 1. The molecule has 0 saturated heterocycles. The van der Waals surface area contributed by atoms with Crippen molar-refractivity contribution in [3.63, 3.8) is 0 Å². The molecule has 2 rings (SSSR count). The molecule has 88 valence electrons. The number of ether oxygens (including phenoxy) is 1.